The van der Waals surface area contributed by atoms with Crippen molar-refractivity contribution in [1.29, 1.82) is 0 Å². The third-order valence-electron chi connectivity index (χ3n) is 6.51. The number of hydrogen-bond acceptors (Lipinski definition) is 2. The van der Waals surface area contributed by atoms with Crippen LogP contribution in [-0.2, 0) is 5.41 Å². The van der Waals surface area contributed by atoms with Crippen molar-refractivity contribution in [2.24, 2.45) is 5.10 Å². The highest BCUT2D eigenvalue weighted by Gasteiger charge is 2.30. The first-order valence-electron chi connectivity index (χ1n) is 12.3. The van der Waals surface area contributed by atoms with Gasteiger partial charge >= 0.3 is 0 Å². The maximum Gasteiger partial charge on any atom is 0.0831 e. The largest absolute Gasteiger partial charge is 0.257 e. The number of nitrogens with zero attached hydrogens (tertiary/aromatic N) is 2. The summed E-state index contributed by atoms with van der Waals surface area (Å²) in [5, 5.41) is 7.93. The third-order valence-corrected chi connectivity index (χ3v) is 6.76. The molecule has 0 bridgehead atoms. The van der Waals surface area contributed by atoms with Crippen molar-refractivity contribution < 1.29 is 0 Å². The standard InChI is InChI=1S/C33H29ClN2/c1-33(2,3)28-17-15-27(16-18-28)32-23-31(35-36(32)30-21-19-29(34)20-22-30)26-13-11-25(12-14-26)10-9-24-7-5-4-6-8-24/h4-8,11-22,32H,23H2,1-3H3. The van der Waals surface area contributed by atoms with Gasteiger partial charge in [-0.15, -0.1) is 0 Å². The monoisotopic (exact) mass is 488 g/mol. The van der Waals surface area contributed by atoms with Gasteiger partial charge in [0.15, 0.2) is 0 Å². The molecule has 1 aliphatic heterocycles. The van der Waals surface area contributed by atoms with Crippen molar-refractivity contribution >= 4 is 23.0 Å². The minimum absolute atomic E-state index is 0.118. The summed E-state index contributed by atoms with van der Waals surface area (Å²) < 4.78 is 0. The summed E-state index contributed by atoms with van der Waals surface area (Å²) in [5.41, 5.74) is 7.93. The topological polar surface area (TPSA) is 15.6 Å². The first-order chi connectivity index (χ1) is 17.4. The van der Waals surface area contributed by atoms with E-state index in [1.54, 1.807) is 0 Å². The molecule has 4 aromatic carbocycles. The van der Waals surface area contributed by atoms with Crippen LogP contribution in [0.5, 0.6) is 0 Å². The van der Waals surface area contributed by atoms with Crippen LogP contribution in [0.2, 0.25) is 5.02 Å². The highest BCUT2D eigenvalue weighted by Crippen LogP contribution is 2.37. The molecule has 1 heterocycles. The molecule has 0 aromatic heterocycles. The van der Waals surface area contributed by atoms with E-state index in [1.807, 2.05) is 54.6 Å². The van der Waals surface area contributed by atoms with Crippen molar-refractivity contribution in [2.75, 3.05) is 5.01 Å². The SMILES string of the molecule is CC(C)(C)c1ccc(C2CC(c3ccc(C#Cc4ccccc4)cc3)=NN2c2ccc(Cl)cc2)cc1. The summed E-state index contributed by atoms with van der Waals surface area (Å²) in [6, 6.07) is 35.5. The molecule has 1 atom stereocenters. The van der Waals surface area contributed by atoms with E-state index < -0.39 is 0 Å². The van der Waals surface area contributed by atoms with Crippen LogP contribution in [-0.4, -0.2) is 5.71 Å². The lowest BCUT2D eigenvalue weighted by molar-refractivity contribution is 0.589. The highest BCUT2D eigenvalue weighted by atomic mass is 35.5. The number of halogens is 1. The van der Waals surface area contributed by atoms with Crippen LogP contribution in [0, 0.1) is 11.8 Å². The second-order valence-electron chi connectivity index (χ2n) is 10.2. The van der Waals surface area contributed by atoms with Crippen LogP contribution in [0.4, 0.5) is 5.69 Å². The molecule has 178 valence electrons. The zero-order valence-electron chi connectivity index (χ0n) is 20.9. The number of rotatable bonds is 3. The average Bonchev–Trinajstić information content (AvgIpc) is 3.34. The predicted octanol–water partition coefficient (Wildman–Crippen LogP) is 8.39. The van der Waals surface area contributed by atoms with Crippen LogP contribution in [0.25, 0.3) is 0 Å². The van der Waals surface area contributed by atoms with Crippen molar-refractivity contribution in [3.05, 3.63) is 136 Å². The Labute approximate surface area is 219 Å². The van der Waals surface area contributed by atoms with Crippen LogP contribution in [0.15, 0.2) is 108 Å². The molecule has 1 aliphatic rings. The Morgan fingerprint density at radius 3 is 1.97 bits per heavy atom. The molecule has 0 spiro atoms. The van der Waals surface area contributed by atoms with E-state index in [0.29, 0.717) is 0 Å². The molecule has 0 aliphatic carbocycles. The van der Waals surface area contributed by atoms with Gasteiger partial charge in [0, 0.05) is 22.6 Å². The maximum absolute atomic E-state index is 6.17. The lowest BCUT2D eigenvalue weighted by atomic mass is 9.86. The number of hydrogen-bond donors (Lipinski definition) is 0. The van der Waals surface area contributed by atoms with E-state index in [4.69, 9.17) is 16.7 Å². The molecule has 0 fully saturated rings. The third kappa shape index (κ3) is 5.38. The fraction of sp³-hybridized carbons (Fsp3) is 0.182. The van der Waals surface area contributed by atoms with Gasteiger partial charge in [-0.3, -0.25) is 5.01 Å². The molecule has 1 unspecified atom stereocenters. The van der Waals surface area contributed by atoms with Gasteiger partial charge in [0.2, 0.25) is 0 Å². The fourth-order valence-electron chi connectivity index (χ4n) is 4.39. The van der Waals surface area contributed by atoms with E-state index in [1.165, 1.54) is 11.1 Å². The zero-order valence-corrected chi connectivity index (χ0v) is 21.6. The summed E-state index contributed by atoms with van der Waals surface area (Å²) >= 11 is 6.17. The summed E-state index contributed by atoms with van der Waals surface area (Å²) in [6.07, 6.45) is 0.826. The minimum Gasteiger partial charge on any atom is -0.257 e. The molecule has 0 saturated carbocycles. The van der Waals surface area contributed by atoms with Crippen molar-refractivity contribution in [1.82, 2.24) is 0 Å². The van der Waals surface area contributed by atoms with Crippen molar-refractivity contribution in [3.8, 4) is 11.8 Å². The molecule has 4 aromatic rings. The summed E-state index contributed by atoms with van der Waals surface area (Å²) in [5.74, 6) is 6.49. The molecule has 2 nitrogen and oxygen atoms in total. The normalized spacial score (nSPS) is 15.3. The molecular formula is C33H29ClN2. The van der Waals surface area contributed by atoms with E-state index in [9.17, 15) is 0 Å². The van der Waals surface area contributed by atoms with Crippen LogP contribution in [0.1, 0.15) is 61.1 Å². The Kier molecular flexibility index (Phi) is 6.68. The maximum atomic E-state index is 6.17. The van der Waals surface area contributed by atoms with Gasteiger partial charge < -0.3 is 0 Å². The zero-order chi connectivity index (χ0) is 25.1. The number of anilines is 1. The quantitative estimate of drug-likeness (QED) is 0.264. The number of benzene rings is 4. The molecule has 0 N–H and O–H groups in total. The van der Waals surface area contributed by atoms with Gasteiger partial charge in [-0.25, -0.2) is 0 Å². The Morgan fingerprint density at radius 1 is 0.750 bits per heavy atom. The lowest BCUT2D eigenvalue weighted by Gasteiger charge is -2.25. The Bertz CT molecular complexity index is 1420. The van der Waals surface area contributed by atoms with Gasteiger partial charge in [-0.1, -0.05) is 98.8 Å². The smallest absolute Gasteiger partial charge is 0.0831 e. The van der Waals surface area contributed by atoms with E-state index >= 15 is 0 Å². The Balaban J connectivity index is 1.43. The van der Waals surface area contributed by atoms with E-state index in [0.717, 1.165) is 39.5 Å². The molecule has 0 amide bonds. The van der Waals surface area contributed by atoms with E-state index in [-0.39, 0.29) is 11.5 Å². The highest BCUT2D eigenvalue weighted by molar-refractivity contribution is 6.30. The second kappa shape index (κ2) is 10.1. The summed E-state index contributed by atoms with van der Waals surface area (Å²) in [4.78, 5) is 0. The fourth-order valence-corrected chi connectivity index (χ4v) is 4.52. The molecule has 5 rings (SSSR count). The molecular weight excluding hydrogens is 460 g/mol. The minimum atomic E-state index is 0.118. The van der Waals surface area contributed by atoms with Gasteiger partial charge in [-0.2, -0.15) is 5.10 Å². The Morgan fingerprint density at radius 2 is 1.36 bits per heavy atom. The Hall–Kier alpha value is -3.80. The van der Waals surface area contributed by atoms with Gasteiger partial charge in [0.1, 0.15) is 0 Å². The van der Waals surface area contributed by atoms with Crippen molar-refractivity contribution in [2.45, 2.75) is 38.6 Å². The van der Waals surface area contributed by atoms with Gasteiger partial charge in [-0.05, 0) is 70.6 Å². The first kappa shape index (κ1) is 23.9. The van der Waals surface area contributed by atoms with Gasteiger partial charge in [0.25, 0.3) is 0 Å². The molecule has 36 heavy (non-hydrogen) atoms. The van der Waals surface area contributed by atoms with E-state index in [2.05, 4.69) is 86.2 Å². The van der Waals surface area contributed by atoms with Crippen LogP contribution >= 0.6 is 11.6 Å². The van der Waals surface area contributed by atoms with Crippen molar-refractivity contribution in [3.63, 3.8) is 0 Å². The molecule has 0 radical (unpaired) electrons. The summed E-state index contributed by atoms with van der Waals surface area (Å²) in [7, 11) is 0. The van der Waals surface area contributed by atoms with Gasteiger partial charge in [0.05, 0.1) is 17.4 Å². The molecule has 3 heteroatoms. The number of hydrazone groups is 1. The summed E-state index contributed by atoms with van der Waals surface area (Å²) in [6.45, 7) is 6.73. The van der Waals surface area contributed by atoms with Crippen LogP contribution < -0.4 is 5.01 Å². The average molecular weight is 489 g/mol. The lowest BCUT2D eigenvalue weighted by Crippen LogP contribution is -2.19. The predicted molar refractivity (Wildman–Crippen MR) is 152 cm³/mol. The second-order valence-corrected chi connectivity index (χ2v) is 10.6. The van der Waals surface area contributed by atoms with Crippen LogP contribution in [0.3, 0.4) is 0 Å². The first-order valence-corrected chi connectivity index (χ1v) is 12.6. The molecule has 0 saturated heterocycles.